The van der Waals surface area contributed by atoms with Gasteiger partial charge in [0.2, 0.25) is 0 Å². The van der Waals surface area contributed by atoms with E-state index in [2.05, 4.69) is 20.6 Å². The molecule has 4 N–H and O–H groups in total. The molecule has 0 spiro atoms. The minimum absolute atomic E-state index is 0.256. The number of amides is 2. The second-order valence-electron chi connectivity index (χ2n) is 6.68. The van der Waals surface area contributed by atoms with Crippen LogP contribution in [-0.2, 0) is 6.54 Å². The van der Waals surface area contributed by atoms with Crippen molar-refractivity contribution in [3.05, 3.63) is 88.3 Å². The molecule has 7 nitrogen and oxygen atoms in total. The van der Waals surface area contributed by atoms with E-state index in [9.17, 15) is 9.59 Å². The van der Waals surface area contributed by atoms with Crippen LogP contribution in [0.15, 0.2) is 71.5 Å². The molecule has 4 rings (SSSR count). The number of aromatic nitrogens is 2. The number of hydrogen-bond acceptors (Lipinski definition) is 3. The Morgan fingerprint density at radius 3 is 2.66 bits per heavy atom. The zero-order valence-corrected chi connectivity index (χ0v) is 15.8. The van der Waals surface area contributed by atoms with Gasteiger partial charge < -0.3 is 25.3 Å². The molecule has 0 saturated carbocycles. The summed E-state index contributed by atoms with van der Waals surface area (Å²) in [5.74, 6) is 1.26. The van der Waals surface area contributed by atoms with Crippen LogP contribution in [-0.4, -0.2) is 16.0 Å². The van der Waals surface area contributed by atoms with E-state index < -0.39 is 0 Å². The van der Waals surface area contributed by atoms with Crippen LogP contribution in [0.5, 0.6) is 11.5 Å². The number of aryl methyl sites for hydroxylation is 1. The number of H-pyrrole nitrogens is 2. The van der Waals surface area contributed by atoms with Crippen LogP contribution in [0, 0.1) is 6.92 Å². The topological polar surface area (TPSA) is 99.0 Å². The highest BCUT2D eigenvalue weighted by Crippen LogP contribution is 2.29. The first-order valence-corrected chi connectivity index (χ1v) is 9.16. The molecule has 29 heavy (non-hydrogen) atoms. The number of hydrogen-bond donors (Lipinski definition) is 4. The Hall–Kier alpha value is -4.00. The van der Waals surface area contributed by atoms with Crippen LogP contribution in [0.4, 0.5) is 10.5 Å². The number of urea groups is 1. The molecule has 146 valence electrons. The van der Waals surface area contributed by atoms with Crippen LogP contribution in [0.1, 0.15) is 11.1 Å². The molecule has 4 aromatic rings. The van der Waals surface area contributed by atoms with Crippen molar-refractivity contribution in [3.8, 4) is 11.5 Å². The van der Waals surface area contributed by atoms with Crippen molar-refractivity contribution in [2.24, 2.45) is 0 Å². The van der Waals surface area contributed by atoms with Crippen molar-refractivity contribution in [1.82, 2.24) is 15.3 Å². The summed E-state index contributed by atoms with van der Waals surface area (Å²) in [7, 11) is 0. The molecular weight excluding hydrogens is 368 g/mol. The number of benzene rings is 3. The number of nitrogens with one attached hydrogen (secondary N) is 4. The maximum absolute atomic E-state index is 12.4. The predicted molar refractivity (Wildman–Crippen MR) is 112 cm³/mol. The lowest BCUT2D eigenvalue weighted by Gasteiger charge is -2.13. The lowest BCUT2D eigenvalue weighted by atomic mass is 10.2. The first-order chi connectivity index (χ1) is 14.1. The van der Waals surface area contributed by atoms with Gasteiger partial charge in [0.1, 0.15) is 5.75 Å². The number of fused-ring (bicyclic) bond motifs is 1. The molecular formula is C22H20N4O3. The summed E-state index contributed by atoms with van der Waals surface area (Å²) in [6.45, 7) is 2.31. The first kappa shape index (κ1) is 18.4. The smallest absolute Gasteiger partial charge is 0.323 e. The van der Waals surface area contributed by atoms with Crippen molar-refractivity contribution >= 4 is 22.8 Å². The van der Waals surface area contributed by atoms with E-state index in [1.165, 1.54) is 0 Å². The van der Waals surface area contributed by atoms with Crippen LogP contribution >= 0.6 is 0 Å². The third kappa shape index (κ3) is 4.47. The van der Waals surface area contributed by atoms with Crippen LogP contribution in [0.3, 0.4) is 0 Å². The number of rotatable bonds is 5. The molecule has 0 fully saturated rings. The number of carbonyl (C=O) groups is 1. The fourth-order valence-corrected chi connectivity index (χ4v) is 3.00. The number of para-hydroxylation sites is 2. The molecule has 3 aromatic carbocycles. The summed E-state index contributed by atoms with van der Waals surface area (Å²) in [5, 5.41) is 5.63. The number of anilines is 1. The van der Waals surface area contributed by atoms with Crippen molar-refractivity contribution in [3.63, 3.8) is 0 Å². The molecule has 0 unspecified atom stereocenters. The molecule has 2 amide bonds. The Balaban J connectivity index is 1.42. The molecule has 0 aliphatic heterocycles. The Morgan fingerprint density at radius 1 is 0.966 bits per heavy atom. The van der Waals surface area contributed by atoms with Gasteiger partial charge in [0.05, 0.1) is 16.7 Å². The summed E-state index contributed by atoms with van der Waals surface area (Å²) >= 11 is 0. The van der Waals surface area contributed by atoms with E-state index in [1.54, 1.807) is 18.2 Å². The fraction of sp³-hybridized carbons (Fsp3) is 0.0909. The second kappa shape index (κ2) is 7.93. The molecule has 1 heterocycles. The van der Waals surface area contributed by atoms with E-state index in [-0.39, 0.29) is 11.7 Å². The number of imidazole rings is 1. The van der Waals surface area contributed by atoms with Crippen LogP contribution < -0.4 is 21.1 Å². The highest BCUT2D eigenvalue weighted by molar-refractivity contribution is 5.91. The van der Waals surface area contributed by atoms with Gasteiger partial charge in [0.15, 0.2) is 5.75 Å². The maximum Gasteiger partial charge on any atom is 0.323 e. The van der Waals surface area contributed by atoms with Gasteiger partial charge in [0.25, 0.3) is 0 Å². The van der Waals surface area contributed by atoms with Gasteiger partial charge >= 0.3 is 11.7 Å². The van der Waals surface area contributed by atoms with E-state index in [0.29, 0.717) is 29.2 Å². The third-order valence-corrected chi connectivity index (χ3v) is 4.39. The Bertz CT molecular complexity index is 1230. The number of aromatic amines is 2. The van der Waals surface area contributed by atoms with E-state index in [0.717, 1.165) is 16.6 Å². The fourth-order valence-electron chi connectivity index (χ4n) is 3.00. The van der Waals surface area contributed by atoms with Crippen molar-refractivity contribution in [2.45, 2.75) is 13.5 Å². The predicted octanol–water partition coefficient (Wildman–Crippen LogP) is 4.28. The highest BCUT2D eigenvalue weighted by atomic mass is 16.5. The van der Waals surface area contributed by atoms with Crippen LogP contribution in [0.25, 0.3) is 11.0 Å². The monoisotopic (exact) mass is 388 g/mol. The SMILES string of the molecule is Cc1cccc(Oc2ccccc2NC(=O)NCc2ccc3[nH]c(=O)[nH]c3c2)c1. The molecule has 0 aliphatic rings. The second-order valence-corrected chi connectivity index (χ2v) is 6.68. The standard InChI is InChI=1S/C22H20N4O3/c1-14-5-4-6-16(11-14)29-20-8-3-2-7-18(20)25-21(27)23-13-15-9-10-17-19(12-15)26-22(28)24-17/h2-12H,13H2,1H3,(H2,23,25,27)(H2,24,26,28). The van der Waals surface area contributed by atoms with Gasteiger partial charge in [-0.1, -0.05) is 30.3 Å². The molecule has 0 bridgehead atoms. The average molecular weight is 388 g/mol. The number of ether oxygens (including phenoxy) is 1. The maximum atomic E-state index is 12.4. The number of carbonyl (C=O) groups excluding carboxylic acids is 1. The van der Waals surface area contributed by atoms with Crippen molar-refractivity contribution in [1.29, 1.82) is 0 Å². The third-order valence-electron chi connectivity index (χ3n) is 4.39. The Labute approximate surface area is 166 Å². The Kier molecular flexibility index (Phi) is 5.03. The van der Waals surface area contributed by atoms with E-state index in [1.807, 2.05) is 55.5 Å². The van der Waals surface area contributed by atoms with Crippen LogP contribution in [0.2, 0.25) is 0 Å². The van der Waals surface area contributed by atoms with Gasteiger partial charge in [-0.15, -0.1) is 0 Å². The molecule has 0 atom stereocenters. The zero-order chi connectivity index (χ0) is 20.2. The van der Waals surface area contributed by atoms with Crippen molar-refractivity contribution in [2.75, 3.05) is 5.32 Å². The van der Waals surface area contributed by atoms with E-state index in [4.69, 9.17) is 4.74 Å². The largest absolute Gasteiger partial charge is 0.455 e. The van der Waals surface area contributed by atoms with Crippen molar-refractivity contribution < 1.29 is 9.53 Å². The first-order valence-electron chi connectivity index (χ1n) is 9.16. The van der Waals surface area contributed by atoms with Gasteiger partial charge in [0, 0.05) is 6.54 Å². The lowest BCUT2D eigenvalue weighted by Crippen LogP contribution is -2.28. The van der Waals surface area contributed by atoms with Gasteiger partial charge in [-0.3, -0.25) is 0 Å². The molecule has 1 aromatic heterocycles. The Morgan fingerprint density at radius 2 is 1.79 bits per heavy atom. The van der Waals surface area contributed by atoms with E-state index >= 15 is 0 Å². The molecule has 0 radical (unpaired) electrons. The van der Waals surface area contributed by atoms with Gasteiger partial charge in [-0.05, 0) is 54.4 Å². The van der Waals surface area contributed by atoms with Gasteiger partial charge in [-0.2, -0.15) is 0 Å². The summed E-state index contributed by atoms with van der Waals surface area (Å²) < 4.78 is 5.92. The average Bonchev–Trinajstić information content (AvgIpc) is 3.07. The zero-order valence-electron chi connectivity index (χ0n) is 15.8. The minimum atomic E-state index is -0.354. The normalized spacial score (nSPS) is 10.7. The quantitative estimate of drug-likeness (QED) is 0.411. The highest BCUT2D eigenvalue weighted by Gasteiger charge is 2.09. The lowest BCUT2D eigenvalue weighted by molar-refractivity contribution is 0.251. The summed E-state index contributed by atoms with van der Waals surface area (Å²) in [4.78, 5) is 29.1. The summed E-state index contributed by atoms with van der Waals surface area (Å²) in [5.41, 5.74) is 3.70. The van der Waals surface area contributed by atoms with Gasteiger partial charge in [-0.25, -0.2) is 9.59 Å². The molecule has 0 saturated heterocycles. The summed E-state index contributed by atoms with van der Waals surface area (Å²) in [6.07, 6.45) is 0. The molecule has 7 heteroatoms. The molecule has 0 aliphatic carbocycles. The minimum Gasteiger partial charge on any atom is -0.455 e. The summed E-state index contributed by atoms with van der Waals surface area (Å²) in [6, 6.07) is 20.1.